The Labute approximate surface area is 212 Å². The average molecular weight is 586 g/mol. The lowest BCUT2D eigenvalue weighted by Gasteiger charge is -2.53. The fraction of sp³-hybridized carbons (Fsp3) is 0.435. The first-order chi connectivity index (χ1) is 15.1. The fourth-order valence-corrected chi connectivity index (χ4v) is 5.80. The monoisotopic (exact) mass is 586 g/mol. The van der Waals surface area contributed by atoms with Crippen LogP contribution in [-0.4, -0.2) is 80.3 Å². The van der Waals surface area contributed by atoms with Crippen LogP contribution in [0.2, 0.25) is 0 Å². The molecular weight excluding hydrogens is 559 g/mol. The van der Waals surface area contributed by atoms with Crippen LogP contribution in [0.25, 0.3) is 5.76 Å². The largest absolute Gasteiger partial charge is 1.00 e. The minimum atomic E-state index is -2.74. The molecule has 0 aromatic heterocycles. The van der Waals surface area contributed by atoms with E-state index in [-0.39, 0.29) is 46.0 Å². The zero-order chi connectivity index (χ0) is 24.8. The first-order valence-corrected chi connectivity index (χ1v) is 10.4. The Morgan fingerprint density at radius 2 is 1.71 bits per heavy atom. The van der Waals surface area contributed by atoms with Gasteiger partial charge < -0.3 is 59.7 Å². The van der Waals surface area contributed by atoms with Gasteiger partial charge in [-0.25, -0.2) is 0 Å². The molecular formula is C23H27IN2O8. The summed E-state index contributed by atoms with van der Waals surface area (Å²) in [5.74, 6) is -7.81. The summed E-state index contributed by atoms with van der Waals surface area (Å²) in [6.07, 6.45) is -0.189. The van der Waals surface area contributed by atoms with Crippen molar-refractivity contribution in [2.24, 2.45) is 17.6 Å². The summed E-state index contributed by atoms with van der Waals surface area (Å²) in [6.45, 7) is 1.41. The van der Waals surface area contributed by atoms with Crippen LogP contribution < -0.4 is 29.7 Å². The van der Waals surface area contributed by atoms with E-state index >= 15 is 0 Å². The quantitative estimate of drug-likeness (QED) is 0.119. The third-order valence-corrected chi connectivity index (χ3v) is 7.30. The molecule has 10 nitrogen and oxygen atoms in total. The number of aromatic hydroxyl groups is 1. The van der Waals surface area contributed by atoms with E-state index in [2.05, 4.69) is 0 Å². The predicted octanol–water partition coefficient (Wildman–Crippen LogP) is -3.22. The summed E-state index contributed by atoms with van der Waals surface area (Å²) >= 11 is 0. The second kappa shape index (κ2) is 7.77. The molecule has 0 spiro atoms. The molecule has 1 aromatic rings. The van der Waals surface area contributed by atoms with E-state index in [4.69, 9.17) is 5.73 Å². The zero-order valence-corrected chi connectivity index (χ0v) is 21.2. The molecule has 1 fully saturated rings. The third kappa shape index (κ3) is 3.13. The summed E-state index contributed by atoms with van der Waals surface area (Å²) in [6, 6.07) is 3.09. The van der Waals surface area contributed by atoms with E-state index in [0.717, 1.165) is 0 Å². The van der Waals surface area contributed by atoms with E-state index in [9.17, 15) is 39.9 Å². The van der Waals surface area contributed by atoms with Gasteiger partial charge in [0, 0.05) is 11.5 Å². The smallest absolute Gasteiger partial charge is 0.256 e. The number of rotatable bonds is 2. The van der Waals surface area contributed by atoms with Gasteiger partial charge in [-0.15, -0.1) is 0 Å². The molecule has 1 aromatic carbocycles. The highest BCUT2D eigenvalue weighted by Crippen LogP contribution is 2.57. The van der Waals surface area contributed by atoms with Crippen molar-refractivity contribution >= 4 is 23.2 Å². The number of ketones is 2. The van der Waals surface area contributed by atoms with Crippen molar-refractivity contribution in [3.8, 4) is 5.75 Å². The van der Waals surface area contributed by atoms with Crippen LogP contribution in [0.15, 0.2) is 35.1 Å². The van der Waals surface area contributed by atoms with Gasteiger partial charge in [0.1, 0.15) is 22.8 Å². The molecule has 1 amide bonds. The summed E-state index contributed by atoms with van der Waals surface area (Å²) in [5, 5.41) is 55.3. The number of phenols is 1. The Hall–Kier alpha value is -2.48. The maximum absolute atomic E-state index is 13.8. The number of carbonyl (C=O) groups is 3. The molecule has 0 unspecified atom stereocenters. The Morgan fingerprint density at radius 3 is 2.24 bits per heavy atom. The number of nitrogens with zero attached hydrogens (tertiary/aromatic N) is 1. The number of primary amides is 1. The number of likely N-dealkylation sites (N-methyl/N-ethyl adjacent to an activating group) is 1. The third-order valence-electron chi connectivity index (χ3n) is 7.30. The van der Waals surface area contributed by atoms with Gasteiger partial charge in [-0.1, -0.05) is 12.1 Å². The number of benzene rings is 1. The number of nitrogens with two attached hydrogens (primary N) is 1. The van der Waals surface area contributed by atoms with Crippen molar-refractivity contribution in [2.75, 3.05) is 21.1 Å². The number of halogens is 1. The molecule has 3 aliphatic rings. The average Bonchev–Trinajstić information content (AvgIpc) is 2.67. The van der Waals surface area contributed by atoms with Gasteiger partial charge in [-0.05, 0) is 25.0 Å². The summed E-state index contributed by atoms with van der Waals surface area (Å²) in [5.41, 5.74) is -0.460. The van der Waals surface area contributed by atoms with Crippen LogP contribution in [0.4, 0.5) is 0 Å². The van der Waals surface area contributed by atoms with Gasteiger partial charge in [0.15, 0.2) is 11.6 Å². The number of carbonyl (C=O) groups excluding carboxylic acids is 3. The summed E-state index contributed by atoms with van der Waals surface area (Å²) in [4.78, 5) is 39.1. The Morgan fingerprint density at radius 1 is 1.12 bits per heavy atom. The number of fused-ring (bicyclic) bond motifs is 3. The van der Waals surface area contributed by atoms with Crippen LogP contribution in [0.1, 0.15) is 24.5 Å². The molecule has 0 radical (unpaired) electrons. The molecule has 4 rings (SSSR count). The second-order valence-electron chi connectivity index (χ2n) is 10.1. The van der Waals surface area contributed by atoms with E-state index in [1.807, 2.05) is 0 Å². The number of aliphatic hydroxyl groups excluding tert-OH is 2. The number of hydrogen-bond donors (Lipinski definition) is 6. The van der Waals surface area contributed by atoms with Crippen molar-refractivity contribution in [1.29, 1.82) is 0 Å². The molecule has 1 saturated carbocycles. The van der Waals surface area contributed by atoms with Gasteiger partial charge in [0.2, 0.25) is 11.6 Å². The molecule has 3 aliphatic carbocycles. The summed E-state index contributed by atoms with van der Waals surface area (Å²) in [7, 11) is 4.89. The molecule has 34 heavy (non-hydrogen) atoms. The number of hydrogen-bond acceptors (Lipinski definition) is 8. The van der Waals surface area contributed by atoms with E-state index < -0.39 is 75.0 Å². The van der Waals surface area contributed by atoms with Crippen molar-refractivity contribution in [1.82, 2.24) is 0 Å². The Kier molecular flexibility index (Phi) is 5.97. The zero-order valence-electron chi connectivity index (χ0n) is 19.0. The number of phenolic OH excluding ortho intramolecular Hbond substituents is 1. The normalized spacial score (nSPS) is 33.1. The SMILES string of the molecule is C[C@@]1(O)c2cccc(O)c2C(O)=C2C(=O)[C@]3(O)C(O)=C(C(N)=O)C(=O)[C@@H]([N+](C)(C)C)[C@@H]3C[C@@H]21.[I-]. The van der Waals surface area contributed by atoms with Crippen molar-refractivity contribution in [2.45, 2.75) is 30.6 Å². The van der Waals surface area contributed by atoms with Crippen molar-refractivity contribution in [3.63, 3.8) is 0 Å². The van der Waals surface area contributed by atoms with Crippen LogP contribution in [0.5, 0.6) is 5.75 Å². The van der Waals surface area contributed by atoms with E-state index in [1.165, 1.54) is 25.1 Å². The maximum atomic E-state index is 13.8. The van der Waals surface area contributed by atoms with E-state index in [1.54, 1.807) is 21.1 Å². The molecule has 0 saturated heterocycles. The highest BCUT2D eigenvalue weighted by molar-refractivity contribution is 6.24. The van der Waals surface area contributed by atoms with Gasteiger partial charge in [0.05, 0.1) is 38.2 Å². The van der Waals surface area contributed by atoms with Crippen molar-refractivity contribution in [3.05, 3.63) is 46.2 Å². The minimum absolute atomic E-state index is 0. The number of amides is 1. The standard InChI is InChI=1S/C23H26N2O8.HI/c1-22(32)9-6-5-7-12(26)13(9)17(27)14-10(22)8-11-16(25(2,3)4)18(28)15(21(24)31)20(30)23(11,33)19(14)29;/h5-7,10-11,16,32-33H,8H2,1-4H3,(H4-,24,26,27,28,29,30,31);1H/t10-,11-,16-,22+,23-;/m0./s1. The van der Waals surface area contributed by atoms with Crippen LogP contribution in [0.3, 0.4) is 0 Å². The molecule has 0 bridgehead atoms. The highest BCUT2D eigenvalue weighted by atomic mass is 127. The Bertz CT molecular complexity index is 1200. The maximum Gasteiger partial charge on any atom is 0.256 e. The first-order valence-electron chi connectivity index (χ1n) is 10.4. The Balaban J connectivity index is 0.00000324. The number of aliphatic hydroxyl groups is 4. The van der Waals surface area contributed by atoms with Crippen LogP contribution in [0, 0.1) is 11.8 Å². The number of Topliss-reactive ketones (excluding diaryl/α,β-unsaturated/α-hetero) is 2. The van der Waals surface area contributed by atoms with Gasteiger partial charge in [-0.3, -0.25) is 14.4 Å². The molecule has 0 aliphatic heterocycles. The van der Waals surface area contributed by atoms with Crippen LogP contribution in [-0.2, 0) is 20.0 Å². The lowest BCUT2D eigenvalue weighted by Crippen LogP contribution is -3.00. The molecule has 7 N–H and O–H groups in total. The highest BCUT2D eigenvalue weighted by Gasteiger charge is 2.68. The predicted molar refractivity (Wildman–Crippen MR) is 114 cm³/mol. The van der Waals surface area contributed by atoms with Gasteiger partial charge in [0.25, 0.3) is 5.91 Å². The molecule has 5 atom stereocenters. The molecule has 0 heterocycles. The second-order valence-corrected chi connectivity index (χ2v) is 10.1. The lowest BCUT2D eigenvalue weighted by atomic mass is 9.54. The van der Waals surface area contributed by atoms with E-state index in [0.29, 0.717) is 0 Å². The lowest BCUT2D eigenvalue weighted by molar-refractivity contribution is -0.891. The topological polar surface area (TPSA) is 178 Å². The van der Waals surface area contributed by atoms with Gasteiger partial charge in [-0.2, -0.15) is 0 Å². The molecule has 11 heteroatoms. The van der Waals surface area contributed by atoms with Gasteiger partial charge >= 0.3 is 0 Å². The molecule has 184 valence electrons. The minimum Gasteiger partial charge on any atom is -1.00 e. The van der Waals surface area contributed by atoms with Crippen molar-refractivity contribution < 1.29 is 68.4 Å². The van der Waals surface area contributed by atoms with Crippen LogP contribution >= 0.6 is 0 Å². The first kappa shape index (κ1) is 26.1. The fourth-order valence-electron chi connectivity index (χ4n) is 5.80. The summed E-state index contributed by atoms with van der Waals surface area (Å²) < 4.78 is -0.111. The number of quaternary nitrogens is 1.